The highest BCUT2D eigenvalue weighted by Crippen LogP contribution is 2.32. The van der Waals surface area contributed by atoms with Crippen molar-refractivity contribution in [1.82, 2.24) is 19.7 Å². The number of piperazine rings is 1. The molecule has 0 radical (unpaired) electrons. The Morgan fingerprint density at radius 1 is 0.853 bits per heavy atom. The molecule has 2 aromatic carbocycles. The first kappa shape index (κ1) is 21.5. The van der Waals surface area contributed by atoms with E-state index in [1.54, 1.807) is 0 Å². The highest BCUT2D eigenvalue weighted by atomic mass is 19.1. The van der Waals surface area contributed by atoms with E-state index in [2.05, 4.69) is 43.4 Å². The van der Waals surface area contributed by atoms with Gasteiger partial charge in [0.2, 0.25) is 5.95 Å². The number of anilines is 3. The van der Waals surface area contributed by atoms with Crippen molar-refractivity contribution in [2.24, 2.45) is 0 Å². The minimum atomic E-state index is -0.662. The van der Waals surface area contributed by atoms with Gasteiger partial charge in [-0.05, 0) is 35.9 Å². The Balaban J connectivity index is 0.00000253. The Bertz CT molecular complexity index is 1160. The molecule has 0 saturated carbocycles. The first-order valence-electron chi connectivity index (χ1n) is 11.6. The fraction of sp³-hybridized carbons (Fsp3) is 0.417. The lowest BCUT2D eigenvalue weighted by Crippen LogP contribution is -2.56. The third-order valence-electron chi connectivity index (χ3n) is 6.73. The molecule has 10 heteroatoms. The molecule has 3 aliphatic heterocycles. The van der Waals surface area contributed by atoms with Crippen molar-refractivity contribution in [1.29, 1.82) is 0 Å². The summed E-state index contributed by atoms with van der Waals surface area (Å²) in [4.78, 5) is 9.20. The van der Waals surface area contributed by atoms with Gasteiger partial charge in [0.05, 0.1) is 38.2 Å². The molecule has 0 atom stereocenters. The number of rotatable bonds is 6. The first-order chi connectivity index (χ1) is 16.6. The van der Waals surface area contributed by atoms with Gasteiger partial charge in [-0.1, -0.05) is 0 Å². The summed E-state index contributed by atoms with van der Waals surface area (Å²) >= 11 is 0. The molecule has 34 heavy (non-hydrogen) atoms. The third kappa shape index (κ3) is 4.36. The summed E-state index contributed by atoms with van der Waals surface area (Å²) in [5.74, 6) is -0.600. The molecule has 3 aliphatic rings. The van der Waals surface area contributed by atoms with Crippen LogP contribution in [0.2, 0.25) is 0 Å². The largest absolute Gasteiger partial charge is 0.380 e. The van der Waals surface area contributed by atoms with Gasteiger partial charge >= 0.3 is 0 Å². The smallest absolute Gasteiger partial charge is 0.246 e. The van der Waals surface area contributed by atoms with Crippen LogP contribution in [0.1, 0.15) is 12.9 Å². The van der Waals surface area contributed by atoms with Crippen LogP contribution < -0.4 is 10.2 Å². The molecule has 1 N–H and O–H groups in total. The topological polar surface area (TPSA) is 67.7 Å². The van der Waals surface area contributed by atoms with Gasteiger partial charge in [0.1, 0.15) is 18.0 Å². The van der Waals surface area contributed by atoms with E-state index in [-0.39, 0.29) is 7.11 Å². The predicted molar refractivity (Wildman–Crippen MR) is 125 cm³/mol. The van der Waals surface area contributed by atoms with Gasteiger partial charge in [0.25, 0.3) is 0 Å². The maximum Gasteiger partial charge on any atom is 0.246 e. The van der Waals surface area contributed by atoms with Gasteiger partial charge < -0.3 is 19.7 Å². The number of hydrogen-bond acceptors (Lipinski definition) is 7. The summed E-state index contributed by atoms with van der Waals surface area (Å²) < 4.78 is 39.3. The highest BCUT2D eigenvalue weighted by molar-refractivity contribution is 5.65. The van der Waals surface area contributed by atoms with Gasteiger partial charge in [-0.3, -0.25) is 4.90 Å². The standard InChI is InChI=1S/C24H26F2N6O2.H2/c25-18-7-19(26)9-22(8-18)32-15-27-24(29-32)28-20-5-16(17-11-33-12-17)6-21(10-20)30-1-3-31(4-2-30)23-13-34-14-23;/h5-10,15,17,23H,1-4,11-14H2,(H,28,29);1H. The van der Waals surface area contributed by atoms with Crippen LogP contribution in [-0.4, -0.2) is 78.3 Å². The molecule has 0 amide bonds. The lowest BCUT2D eigenvalue weighted by atomic mass is 9.96. The van der Waals surface area contributed by atoms with E-state index in [1.807, 2.05) is 0 Å². The van der Waals surface area contributed by atoms with E-state index in [0.29, 0.717) is 17.9 Å². The van der Waals surface area contributed by atoms with Crippen LogP contribution in [0.15, 0.2) is 42.7 Å². The minimum absolute atomic E-state index is 0. The second-order valence-electron chi connectivity index (χ2n) is 9.03. The average molecular weight is 471 g/mol. The predicted octanol–water partition coefficient (Wildman–Crippen LogP) is 3.17. The molecule has 3 aromatic rings. The lowest BCUT2D eigenvalue weighted by Gasteiger charge is -2.43. The Labute approximate surface area is 197 Å². The quantitative estimate of drug-likeness (QED) is 0.594. The van der Waals surface area contributed by atoms with Crippen LogP contribution in [0.3, 0.4) is 0 Å². The number of ether oxygens (including phenoxy) is 2. The van der Waals surface area contributed by atoms with E-state index in [1.165, 1.54) is 28.7 Å². The molecular formula is C24H28F2N6O2. The summed E-state index contributed by atoms with van der Waals surface area (Å²) in [7, 11) is 0. The minimum Gasteiger partial charge on any atom is -0.380 e. The number of nitrogens with zero attached hydrogens (tertiary/aromatic N) is 5. The zero-order valence-corrected chi connectivity index (χ0v) is 18.7. The number of nitrogens with one attached hydrogen (secondary N) is 1. The second kappa shape index (κ2) is 8.94. The van der Waals surface area contributed by atoms with E-state index in [9.17, 15) is 8.78 Å². The van der Waals surface area contributed by atoms with Gasteiger partial charge in [-0.25, -0.2) is 13.5 Å². The van der Waals surface area contributed by atoms with Gasteiger partial charge in [-0.2, -0.15) is 4.98 Å². The van der Waals surface area contributed by atoms with E-state index >= 15 is 0 Å². The SMILES string of the molecule is Fc1cc(F)cc(-n2cnc(Nc3cc(C4COC4)cc(N4CCN(C5COC5)CC4)c3)n2)c1.[HH]. The third-order valence-corrected chi connectivity index (χ3v) is 6.73. The van der Waals surface area contributed by atoms with Gasteiger partial charge in [-0.15, -0.1) is 5.10 Å². The summed E-state index contributed by atoms with van der Waals surface area (Å²) in [5, 5.41) is 7.62. The fourth-order valence-corrected chi connectivity index (χ4v) is 4.58. The van der Waals surface area contributed by atoms with E-state index < -0.39 is 11.6 Å². The molecule has 8 nitrogen and oxygen atoms in total. The van der Waals surface area contributed by atoms with Crippen LogP contribution >= 0.6 is 0 Å². The normalized spacial score (nSPS) is 19.6. The fourth-order valence-electron chi connectivity index (χ4n) is 4.58. The Kier molecular flexibility index (Phi) is 5.64. The molecular weight excluding hydrogens is 442 g/mol. The molecule has 180 valence electrons. The van der Waals surface area contributed by atoms with Gasteiger partial charge in [0, 0.05) is 51.0 Å². The molecule has 1 aromatic heterocycles. The molecule has 4 heterocycles. The average Bonchev–Trinajstić information content (AvgIpc) is 3.19. The molecule has 0 bridgehead atoms. The number of hydrogen-bond donors (Lipinski definition) is 1. The zero-order valence-electron chi connectivity index (χ0n) is 18.7. The van der Waals surface area contributed by atoms with Gasteiger partial charge in [0.15, 0.2) is 0 Å². The Morgan fingerprint density at radius 2 is 1.59 bits per heavy atom. The summed E-state index contributed by atoms with van der Waals surface area (Å²) in [6.07, 6.45) is 1.43. The molecule has 0 unspecified atom stereocenters. The summed E-state index contributed by atoms with van der Waals surface area (Å²) in [6.45, 7) is 7.07. The van der Waals surface area contributed by atoms with Crippen LogP contribution in [0, 0.1) is 11.6 Å². The van der Waals surface area contributed by atoms with Crippen molar-refractivity contribution in [2.45, 2.75) is 12.0 Å². The monoisotopic (exact) mass is 470 g/mol. The summed E-state index contributed by atoms with van der Waals surface area (Å²) in [5.41, 5.74) is 3.52. The maximum atomic E-state index is 13.6. The molecule has 6 rings (SSSR count). The second-order valence-corrected chi connectivity index (χ2v) is 9.03. The molecule has 3 fully saturated rings. The molecule has 0 spiro atoms. The zero-order chi connectivity index (χ0) is 23.1. The van der Waals surface area contributed by atoms with Crippen LogP contribution in [0.25, 0.3) is 5.69 Å². The van der Waals surface area contributed by atoms with E-state index in [0.717, 1.165) is 70.0 Å². The van der Waals surface area contributed by atoms with Crippen LogP contribution in [-0.2, 0) is 9.47 Å². The van der Waals surface area contributed by atoms with Crippen molar-refractivity contribution in [3.8, 4) is 5.69 Å². The van der Waals surface area contributed by atoms with Crippen LogP contribution in [0.5, 0.6) is 0 Å². The van der Waals surface area contributed by atoms with Crippen molar-refractivity contribution in [3.05, 3.63) is 59.9 Å². The van der Waals surface area contributed by atoms with E-state index in [4.69, 9.17) is 9.47 Å². The maximum absolute atomic E-state index is 13.6. The van der Waals surface area contributed by atoms with Crippen LogP contribution in [0.4, 0.5) is 26.1 Å². The Hall–Kier alpha value is -3.08. The number of aromatic nitrogens is 3. The Morgan fingerprint density at radius 3 is 2.24 bits per heavy atom. The van der Waals surface area contributed by atoms with Crippen molar-refractivity contribution in [3.63, 3.8) is 0 Å². The summed E-state index contributed by atoms with van der Waals surface area (Å²) in [6, 6.07) is 10.3. The van der Waals surface area contributed by atoms with Crippen molar-refractivity contribution < 1.29 is 19.7 Å². The molecule has 3 saturated heterocycles. The highest BCUT2D eigenvalue weighted by Gasteiger charge is 2.29. The van der Waals surface area contributed by atoms with Crippen molar-refractivity contribution >= 4 is 17.3 Å². The number of halogens is 2. The first-order valence-corrected chi connectivity index (χ1v) is 11.6. The molecule has 0 aliphatic carbocycles. The van der Waals surface area contributed by atoms with Crippen molar-refractivity contribution in [2.75, 3.05) is 62.8 Å². The number of benzene rings is 2. The lowest BCUT2D eigenvalue weighted by molar-refractivity contribution is -0.0660.